The third-order valence-electron chi connectivity index (χ3n) is 3.97. The maximum atomic E-state index is 13.6. The monoisotopic (exact) mass is 427 g/mol. The number of nitrogens with zero attached hydrogens (tertiary/aromatic N) is 1. The summed E-state index contributed by atoms with van der Waals surface area (Å²) in [4.78, 5) is 43.1. The van der Waals surface area contributed by atoms with Crippen LogP contribution in [0.5, 0.6) is 0 Å². The molecule has 154 valence electrons. The number of H-pyrrole nitrogens is 1. The SMILES string of the molecule is Cc1ccc(C(=O)Nc2c(N)nc(SCC(=O)Nc3ccccc3F)[nH]c2=O)cc1. The summed E-state index contributed by atoms with van der Waals surface area (Å²) >= 11 is 0.914. The number of para-hydroxylation sites is 1. The molecule has 5 N–H and O–H groups in total. The summed E-state index contributed by atoms with van der Waals surface area (Å²) in [6.45, 7) is 1.89. The average Bonchev–Trinajstić information content (AvgIpc) is 2.71. The third kappa shape index (κ3) is 5.23. The van der Waals surface area contributed by atoms with Crippen molar-refractivity contribution in [3.05, 3.63) is 75.8 Å². The van der Waals surface area contributed by atoms with Gasteiger partial charge in [0.1, 0.15) is 11.5 Å². The Morgan fingerprint density at radius 2 is 1.83 bits per heavy atom. The molecule has 1 aromatic heterocycles. The highest BCUT2D eigenvalue weighted by atomic mass is 32.2. The van der Waals surface area contributed by atoms with Crippen molar-refractivity contribution in [2.24, 2.45) is 0 Å². The molecule has 0 saturated heterocycles. The lowest BCUT2D eigenvalue weighted by molar-refractivity contribution is -0.113. The second-order valence-corrected chi connectivity index (χ2v) is 7.23. The molecule has 0 spiro atoms. The van der Waals surface area contributed by atoms with Crippen molar-refractivity contribution >= 4 is 40.8 Å². The fourth-order valence-electron chi connectivity index (χ4n) is 2.43. The number of nitrogens with one attached hydrogen (secondary N) is 3. The number of carbonyl (C=O) groups excluding carboxylic acids is 2. The standard InChI is InChI=1S/C20H18FN5O3S/c1-11-6-8-12(9-7-11)18(28)24-16-17(22)25-20(26-19(16)29)30-10-15(27)23-14-5-3-2-4-13(14)21/h2-9H,10H2,1H3,(H,23,27)(H,24,28)(H3,22,25,26,29). The summed E-state index contributed by atoms with van der Waals surface area (Å²) in [5.41, 5.74) is 6.39. The van der Waals surface area contributed by atoms with Crippen molar-refractivity contribution in [2.75, 3.05) is 22.1 Å². The number of nitrogens with two attached hydrogens (primary N) is 1. The molecule has 0 bridgehead atoms. The number of hydrogen-bond acceptors (Lipinski definition) is 6. The number of carbonyl (C=O) groups is 2. The highest BCUT2D eigenvalue weighted by molar-refractivity contribution is 7.99. The Bertz CT molecular complexity index is 1150. The first-order chi connectivity index (χ1) is 14.3. The molecule has 0 atom stereocenters. The van der Waals surface area contributed by atoms with Gasteiger partial charge in [-0.3, -0.25) is 19.4 Å². The highest BCUT2D eigenvalue weighted by Crippen LogP contribution is 2.18. The number of nitrogen functional groups attached to an aromatic ring is 1. The van der Waals surface area contributed by atoms with Crippen molar-refractivity contribution in [3.63, 3.8) is 0 Å². The van der Waals surface area contributed by atoms with Crippen molar-refractivity contribution in [2.45, 2.75) is 12.1 Å². The van der Waals surface area contributed by atoms with E-state index in [0.717, 1.165) is 17.3 Å². The van der Waals surface area contributed by atoms with Gasteiger partial charge in [0.25, 0.3) is 11.5 Å². The van der Waals surface area contributed by atoms with E-state index in [1.165, 1.54) is 18.2 Å². The zero-order valence-electron chi connectivity index (χ0n) is 15.9. The van der Waals surface area contributed by atoms with Crippen LogP contribution in [0.15, 0.2) is 58.5 Å². The molecule has 3 aromatic rings. The van der Waals surface area contributed by atoms with Gasteiger partial charge in [0.15, 0.2) is 11.0 Å². The number of aromatic amines is 1. The molecule has 3 rings (SSSR count). The van der Waals surface area contributed by atoms with E-state index in [1.54, 1.807) is 30.3 Å². The van der Waals surface area contributed by atoms with E-state index in [-0.39, 0.29) is 28.1 Å². The van der Waals surface area contributed by atoms with Gasteiger partial charge in [-0.25, -0.2) is 9.37 Å². The van der Waals surface area contributed by atoms with Crippen LogP contribution in [-0.4, -0.2) is 27.5 Å². The van der Waals surface area contributed by atoms with Crippen molar-refractivity contribution in [1.29, 1.82) is 0 Å². The number of rotatable bonds is 6. The number of benzene rings is 2. The first kappa shape index (κ1) is 21.1. The minimum Gasteiger partial charge on any atom is -0.382 e. The van der Waals surface area contributed by atoms with Crippen LogP contribution in [0.1, 0.15) is 15.9 Å². The van der Waals surface area contributed by atoms with Gasteiger partial charge >= 0.3 is 0 Å². The van der Waals surface area contributed by atoms with Crippen LogP contribution < -0.4 is 21.9 Å². The van der Waals surface area contributed by atoms with E-state index in [1.807, 2.05) is 6.92 Å². The van der Waals surface area contributed by atoms with Gasteiger partial charge in [-0.1, -0.05) is 41.6 Å². The smallest absolute Gasteiger partial charge is 0.277 e. The van der Waals surface area contributed by atoms with Crippen LogP contribution in [0.2, 0.25) is 0 Å². The molecular formula is C20H18FN5O3S. The topological polar surface area (TPSA) is 130 Å². The number of aromatic nitrogens is 2. The lowest BCUT2D eigenvalue weighted by atomic mass is 10.1. The van der Waals surface area contributed by atoms with E-state index < -0.39 is 23.2 Å². The summed E-state index contributed by atoms with van der Waals surface area (Å²) in [5.74, 6) is -1.86. The van der Waals surface area contributed by atoms with E-state index in [0.29, 0.717) is 5.56 Å². The number of hydrogen-bond donors (Lipinski definition) is 4. The minimum atomic E-state index is -0.653. The lowest BCUT2D eigenvalue weighted by Gasteiger charge is -2.09. The Balaban J connectivity index is 1.65. The molecule has 0 unspecified atom stereocenters. The average molecular weight is 427 g/mol. The second-order valence-electron chi connectivity index (χ2n) is 6.27. The predicted octanol–water partition coefficient (Wildman–Crippen LogP) is 2.78. The molecule has 0 aliphatic heterocycles. The fraction of sp³-hybridized carbons (Fsp3) is 0.100. The Labute approximate surface area is 175 Å². The fourth-order valence-corrected chi connectivity index (χ4v) is 3.10. The number of anilines is 3. The van der Waals surface area contributed by atoms with Crippen LogP contribution in [0.3, 0.4) is 0 Å². The first-order valence-corrected chi connectivity index (χ1v) is 9.77. The molecule has 0 radical (unpaired) electrons. The first-order valence-electron chi connectivity index (χ1n) is 8.78. The molecule has 0 aliphatic rings. The van der Waals surface area contributed by atoms with Gasteiger partial charge in [-0.2, -0.15) is 0 Å². The number of aryl methyl sites for hydroxylation is 1. The number of thioether (sulfide) groups is 1. The Morgan fingerprint density at radius 3 is 2.50 bits per heavy atom. The van der Waals surface area contributed by atoms with Crippen LogP contribution in [0, 0.1) is 12.7 Å². The largest absolute Gasteiger partial charge is 0.382 e. The summed E-state index contributed by atoms with van der Waals surface area (Å²) in [7, 11) is 0. The number of amides is 2. The zero-order valence-corrected chi connectivity index (χ0v) is 16.7. The van der Waals surface area contributed by atoms with E-state index >= 15 is 0 Å². The maximum absolute atomic E-state index is 13.6. The van der Waals surface area contributed by atoms with Gasteiger partial charge < -0.3 is 16.4 Å². The van der Waals surface area contributed by atoms with Crippen molar-refractivity contribution in [1.82, 2.24) is 9.97 Å². The van der Waals surface area contributed by atoms with Gasteiger partial charge in [0, 0.05) is 5.56 Å². The molecular weight excluding hydrogens is 409 g/mol. The van der Waals surface area contributed by atoms with Gasteiger partial charge in [-0.05, 0) is 31.2 Å². The van der Waals surface area contributed by atoms with Gasteiger partial charge in [-0.15, -0.1) is 0 Å². The molecule has 30 heavy (non-hydrogen) atoms. The van der Waals surface area contributed by atoms with Gasteiger partial charge in [0.05, 0.1) is 11.4 Å². The lowest BCUT2D eigenvalue weighted by Crippen LogP contribution is -2.23. The normalized spacial score (nSPS) is 10.5. The molecule has 10 heteroatoms. The summed E-state index contributed by atoms with van der Waals surface area (Å²) < 4.78 is 13.6. The van der Waals surface area contributed by atoms with Gasteiger partial charge in [0.2, 0.25) is 5.91 Å². The summed E-state index contributed by atoms with van der Waals surface area (Å²) in [5, 5.41) is 4.96. The molecule has 0 aliphatic carbocycles. The van der Waals surface area contributed by atoms with Crippen LogP contribution in [0.4, 0.5) is 21.6 Å². The van der Waals surface area contributed by atoms with Crippen molar-refractivity contribution in [3.8, 4) is 0 Å². The zero-order chi connectivity index (χ0) is 21.7. The van der Waals surface area contributed by atoms with E-state index in [4.69, 9.17) is 5.73 Å². The molecule has 2 aromatic carbocycles. The number of halogens is 1. The maximum Gasteiger partial charge on any atom is 0.277 e. The van der Waals surface area contributed by atoms with Crippen LogP contribution in [0.25, 0.3) is 0 Å². The van der Waals surface area contributed by atoms with Crippen molar-refractivity contribution < 1.29 is 14.0 Å². The Morgan fingerprint density at radius 1 is 1.13 bits per heavy atom. The molecule has 1 heterocycles. The second kappa shape index (κ2) is 9.23. The molecule has 0 fully saturated rings. The minimum absolute atomic E-state index is 0.0539. The molecule has 2 amide bonds. The van der Waals surface area contributed by atoms with Crippen LogP contribution >= 0.6 is 11.8 Å². The summed E-state index contributed by atoms with van der Waals surface area (Å²) in [6.07, 6.45) is 0. The quantitative estimate of drug-likeness (QED) is 0.354. The molecule has 8 nitrogen and oxygen atoms in total. The van der Waals surface area contributed by atoms with E-state index in [2.05, 4.69) is 20.6 Å². The third-order valence-corrected chi connectivity index (χ3v) is 4.84. The predicted molar refractivity (Wildman–Crippen MR) is 114 cm³/mol. The highest BCUT2D eigenvalue weighted by Gasteiger charge is 2.15. The molecule has 0 saturated carbocycles. The Kier molecular flexibility index (Phi) is 6.48. The summed E-state index contributed by atoms with van der Waals surface area (Å²) in [6, 6.07) is 12.6. The van der Waals surface area contributed by atoms with Crippen LogP contribution in [-0.2, 0) is 4.79 Å². The van der Waals surface area contributed by atoms with E-state index in [9.17, 15) is 18.8 Å². The Hall–Kier alpha value is -3.66.